The van der Waals surface area contributed by atoms with Crippen molar-refractivity contribution in [2.45, 2.75) is 12.5 Å². The zero-order chi connectivity index (χ0) is 8.89. The Bertz CT molecular complexity index is 211. The summed E-state index contributed by atoms with van der Waals surface area (Å²) in [5, 5.41) is 1.97. The molecule has 0 aromatic heterocycles. The minimum absolute atomic E-state index is 0.546. The number of hydrogen-bond acceptors (Lipinski definition) is 4. The van der Waals surface area contributed by atoms with Gasteiger partial charge in [0.05, 0.1) is 19.3 Å². The molecule has 3 fully saturated rings. The number of likely N-dealkylation sites (tertiary alicyclic amines) is 1. The average Bonchev–Trinajstić information content (AvgIpc) is 2.27. The van der Waals surface area contributed by atoms with E-state index in [0.29, 0.717) is 5.41 Å². The van der Waals surface area contributed by atoms with E-state index in [0.717, 1.165) is 32.3 Å². The molecule has 0 aromatic rings. The largest absolute Gasteiger partial charge is 0.378 e. The lowest BCUT2D eigenvalue weighted by Gasteiger charge is -2.53. The molecule has 3 saturated heterocycles. The summed E-state index contributed by atoms with van der Waals surface area (Å²) in [6, 6.07) is 0.720. The lowest BCUT2D eigenvalue weighted by Crippen LogP contribution is -2.65. The Balaban J connectivity index is 1.55. The van der Waals surface area contributed by atoms with Gasteiger partial charge in [0, 0.05) is 31.6 Å². The number of nitrogens with two attached hydrogens (primary N) is 1. The van der Waals surface area contributed by atoms with Gasteiger partial charge in [-0.05, 0) is 6.42 Å². The van der Waals surface area contributed by atoms with Crippen LogP contribution < -0.4 is 5.84 Å². The van der Waals surface area contributed by atoms with Crippen molar-refractivity contribution in [3.63, 3.8) is 0 Å². The van der Waals surface area contributed by atoms with Gasteiger partial charge >= 0.3 is 0 Å². The Morgan fingerprint density at radius 1 is 1.23 bits per heavy atom. The molecule has 0 amide bonds. The normalized spacial score (nSPS) is 34.8. The van der Waals surface area contributed by atoms with Crippen LogP contribution in [0, 0.1) is 5.41 Å². The van der Waals surface area contributed by atoms with Crippen LogP contribution in [0.5, 0.6) is 0 Å². The third-order valence-electron chi connectivity index (χ3n) is 3.68. The van der Waals surface area contributed by atoms with Gasteiger partial charge in [-0.1, -0.05) is 0 Å². The first-order chi connectivity index (χ1) is 6.27. The molecular formula is C9H17N3O. The Hall–Kier alpha value is -0.160. The fourth-order valence-corrected chi connectivity index (χ4v) is 2.74. The standard InChI is InChI=1S/C9H17N3O/c10-12-2-1-9(7-12)5-11(6-9)8-3-13-4-8/h8H,1-7,10H2. The monoisotopic (exact) mass is 183 g/mol. The summed E-state index contributed by atoms with van der Waals surface area (Å²) in [5.74, 6) is 5.78. The van der Waals surface area contributed by atoms with Gasteiger partial charge in [-0.2, -0.15) is 0 Å². The molecule has 0 bridgehead atoms. The molecule has 3 aliphatic heterocycles. The average molecular weight is 183 g/mol. The molecule has 3 rings (SSSR count). The fraction of sp³-hybridized carbons (Fsp3) is 1.00. The van der Waals surface area contributed by atoms with Gasteiger partial charge in [0.1, 0.15) is 0 Å². The van der Waals surface area contributed by atoms with Crippen molar-refractivity contribution in [3.8, 4) is 0 Å². The number of rotatable bonds is 1. The maximum atomic E-state index is 5.78. The lowest BCUT2D eigenvalue weighted by atomic mass is 9.78. The van der Waals surface area contributed by atoms with Crippen molar-refractivity contribution in [3.05, 3.63) is 0 Å². The predicted molar refractivity (Wildman–Crippen MR) is 49.0 cm³/mol. The summed E-state index contributed by atoms with van der Waals surface area (Å²) in [5.41, 5.74) is 0.546. The second-order valence-corrected chi connectivity index (χ2v) is 4.82. The van der Waals surface area contributed by atoms with Crippen LogP contribution in [0.1, 0.15) is 6.42 Å². The van der Waals surface area contributed by atoms with Crippen LogP contribution in [0.4, 0.5) is 0 Å². The highest BCUT2D eigenvalue weighted by atomic mass is 16.5. The van der Waals surface area contributed by atoms with E-state index in [1.54, 1.807) is 0 Å². The van der Waals surface area contributed by atoms with Crippen molar-refractivity contribution in [1.82, 2.24) is 9.91 Å². The maximum Gasteiger partial charge on any atom is 0.0645 e. The summed E-state index contributed by atoms with van der Waals surface area (Å²) in [4.78, 5) is 2.54. The highest BCUT2D eigenvalue weighted by molar-refractivity contribution is 5.03. The summed E-state index contributed by atoms with van der Waals surface area (Å²) >= 11 is 0. The highest BCUT2D eigenvalue weighted by Gasteiger charge is 2.49. The van der Waals surface area contributed by atoms with Crippen LogP contribution in [-0.2, 0) is 4.74 Å². The van der Waals surface area contributed by atoms with Gasteiger partial charge in [0.25, 0.3) is 0 Å². The molecular weight excluding hydrogens is 166 g/mol. The van der Waals surface area contributed by atoms with Crippen LogP contribution in [0.25, 0.3) is 0 Å². The van der Waals surface area contributed by atoms with Crippen LogP contribution in [0.2, 0.25) is 0 Å². The second-order valence-electron chi connectivity index (χ2n) is 4.82. The molecule has 4 heteroatoms. The van der Waals surface area contributed by atoms with E-state index < -0.39 is 0 Å². The van der Waals surface area contributed by atoms with Gasteiger partial charge in [0.15, 0.2) is 0 Å². The molecule has 3 aliphatic rings. The molecule has 1 spiro atoms. The van der Waals surface area contributed by atoms with Crippen LogP contribution in [0.15, 0.2) is 0 Å². The van der Waals surface area contributed by atoms with E-state index in [9.17, 15) is 0 Å². The molecule has 4 nitrogen and oxygen atoms in total. The van der Waals surface area contributed by atoms with Crippen molar-refractivity contribution in [2.24, 2.45) is 11.3 Å². The first-order valence-electron chi connectivity index (χ1n) is 5.09. The van der Waals surface area contributed by atoms with E-state index >= 15 is 0 Å². The molecule has 0 radical (unpaired) electrons. The minimum atomic E-state index is 0.546. The van der Waals surface area contributed by atoms with Crippen molar-refractivity contribution in [1.29, 1.82) is 0 Å². The fourth-order valence-electron chi connectivity index (χ4n) is 2.74. The van der Waals surface area contributed by atoms with Crippen molar-refractivity contribution in [2.75, 3.05) is 39.4 Å². The van der Waals surface area contributed by atoms with Crippen LogP contribution >= 0.6 is 0 Å². The lowest BCUT2D eigenvalue weighted by molar-refractivity contribution is -0.127. The van der Waals surface area contributed by atoms with Crippen molar-refractivity contribution < 1.29 is 4.74 Å². The SMILES string of the molecule is NN1CCC2(C1)CN(C1COC1)C2. The van der Waals surface area contributed by atoms with Gasteiger partial charge in [0.2, 0.25) is 0 Å². The van der Waals surface area contributed by atoms with E-state index in [4.69, 9.17) is 10.6 Å². The third-order valence-corrected chi connectivity index (χ3v) is 3.68. The van der Waals surface area contributed by atoms with Crippen molar-refractivity contribution >= 4 is 0 Å². The number of ether oxygens (including phenoxy) is 1. The Labute approximate surface area is 78.6 Å². The molecule has 0 saturated carbocycles. The van der Waals surface area contributed by atoms with Crippen LogP contribution in [0.3, 0.4) is 0 Å². The zero-order valence-corrected chi connectivity index (χ0v) is 7.91. The van der Waals surface area contributed by atoms with Gasteiger partial charge in [-0.15, -0.1) is 0 Å². The molecule has 0 aliphatic carbocycles. The summed E-state index contributed by atoms with van der Waals surface area (Å²) in [6.45, 7) is 6.56. The first-order valence-corrected chi connectivity index (χ1v) is 5.09. The van der Waals surface area contributed by atoms with Gasteiger partial charge < -0.3 is 4.74 Å². The minimum Gasteiger partial charge on any atom is -0.378 e. The number of nitrogens with zero attached hydrogens (tertiary/aromatic N) is 2. The molecule has 3 heterocycles. The molecule has 0 atom stereocenters. The number of hydrogen-bond donors (Lipinski definition) is 1. The van der Waals surface area contributed by atoms with Gasteiger partial charge in [-0.3, -0.25) is 10.7 Å². The molecule has 74 valence electrons. The zero-order valence-electron chi connectivity index (χ0n) is 7.91. The second kappa shape index (κ2) is 2.67. The molecule has 0 unspecified atom stereocenters. The van der Waals surface area contributed by atoms with Crippen LogP contribution in [-0.4, -0.2) is 55.3 Å². The number of hydrazine groups is 1. The van der Waals surface area contributed by atoms with E-state index in [-0.39, 0.29) is 0 Å². The Morgan fingerprint density at radius 3 is 2.46 bits per heavy atom. The molecule has 2 N–H and O–H groups in total. The quantitative estimate of drug-likeness (QED) is 0.544. The summed E-state index contributed by atoms with van der Waals surface area (Å²) < 4.78 is 5.19. The van der Waals surface area contributed by atoms with E-state index in [1.807, 2.05) is 5.01 Å². The predicted octanol–water partition coefficient (Wildman–Crippen LogP) is -0.733. The first kappa shape index (κ1) is 8.17. The van der Waals surface area contributed by atoms with E-state index in [1.165, 1.54) is 19.5 Å². The summed E-state index contributed by atoms with van der Waals surface area (Å²) in [6.07, 6.45) is 1.29. The van der Waals surface area contributed by atoms with E-state index in [2.05, 4.69) is 4.90 Å². The van der Waals surface area contributed by atoms with Gasteiger partial charge in [-0.25, -0.2) is 5.01 Å². The third kappa shape index (κ3) is 1.21. The molecule has 13 heavy (non-hydrogen) atoms. The topological polar surface area (TPSA) is 41.7 Å². The molecule has 0 aromatic carbocycles. The highest BCUT2D eigenvalue weighted by Crippen LogP contribution is 2.40. The maximum absolute atomic E-state index is 5.78. The Kier molecular flexibility index (Phi) is 1.68. The Morgan fingerprint density at radius 2 is 2.00 bits per heavy atom. The summed E-state index contributed by atoms with van der Waals surface area (Å²) in [7, 11) is 0. The smallest absolute Gasteiger partial charge is 0.0645 e.